The van der Waals surface area contributed by atoms with Crippen LogP contribution < -0.4 is 14.8 Å². The van der Waals surface area contributed by atoms with Gasteiger partial charge in [0.2, 0.25) is 5.91 Å². The topological polar surface area (TPSA) is 60.0 Å². The maximum Gasteiger partial charge on any atom is 0.238 e. The molecule has 0 bridgehead atoms. The van der Waals surface area contributed by atoms with Crippen LogP contribution in [0.15, 0.2) is 35.7 Å². The molecule has 1 saturated heterocycles. The summed E-state index contributed by atoms with van der Waals surface area (Å²) < 4.78 is 16.3. The fourth-order valence-corrected chi connectivity index (χ4v) is 3.91. The quantitative estimate of drug-likeness (QED) is 0.711. The maximum absolute atomic E-state index is 12.7. The van der Waals surface area contributed by atoms with E-state index in [1.54, 1.807) is 43.8 Å². The second-order valence-electron chi connectivity index (χ2n) is 6.53. The van der Waals surface area contributed by atoms with E-state index in [-0.39, 0.29) is 12.0 Å². The molecular formula is C20H26N2O4S. The van der Waals surface area contributed by atoms with Crippen molar-refractivity contribution in [3.8, 4) is 11.5 Å². The van der Waals surface area contributed by atoms with E-state index >= 15 is 0 Å². The highest BCUT2D eigenvalue weighted by Gasteiger charge is 2.21. The van der Waals surface area contributed by atoms with Crippen LogP contribution in [0.3, 0.4) is 0 Å². The summed E-state index contributed by atoms with van der Waals surface area (Å²) in [6.07, 6.45) is 2.35. The number of benzene rings is 1. The first-order valence-corrected chi connectivity index (χ1v) is 9.93. The number of hydrogen-bond acceptors (Lipinski definition) is 6. The van der Waals surface area contributed by atoms with Gasteiger partial charge < -0.3 is 19.5 Å². The van der Waals surface area contributed by atoms with Gasteiger partial charge in [-0.3, -0.25) is 9.69 Å². The Hall–Kier alpha value is -2.09. The van der Waals surface area contributed by atoms with Gasteiger partial charge in [0, 0.05) is 48.5 Å². The number of rotatable bonds is 9. The molecule has 1 amide bonds. The van der Waals surface area contributed by atoms with Gasteiger partial charge in [0.1, 0.15) is 11.5 Å². The minimum absolute atomic E-state index is 0.0696. The third-order valence-corrected chi connectivity index (χ3v) is 5.31. The molecule has 1 aromatic heterocycles. The third-order valence-electron chi connectivity index (χ3n) is 4.45. The van der Waals surface area contributed by atoms with E-state index in [9.17, 15) is 4.79 Å². The number of carbonyl (C=O) groups is 1. The standard InChI is InChI=1S/C20H26N2O4S/c1-24-17-9-15(10-18(11-17)25-2)21-20(23)14-22(12-16-5-3-7-26-16)13-19-6-4-8-27-19/h4,6,8-11,16H,3,5,7,12-14H2,1-2H3,(H,21,23)/t16-/m0/s1. The highest BCUT2D eigenvalue weighted by molar-refractivity contribution is 7.09. The van der Waals surface area contributed by atoms with Gasteiger partial charge in [-0.05, 0) is 24.3 Å². The molecule has 3 rings (SSSR count). The molecule has 1 aliphatic heterocycles. The SMILES string of the molecule is COc1cc(NC(=O)CN(Cc2cccs2)C[C@@H]2CCCO2)cc(OC)c1. The largest absolute Gasteiger partial charge is 0.497 e. The van der Waals surface area contributed by atoms with Gasteiger partial charge in [0.15, 0.2) is 0 Å². The second-order valence-corrected chi connectivity index (χ2v) is 7.57. The van der Waals surface area contributed by atoms with Crippen LogP contribution in [-0.4, -0.2) is 50.8 Å². The van der Waals surface area contributed by atoms with E-state index < -0.39 is 0 Å². The predicted octanol–water partition coefficient (Wildman–Crippen LogP) is 3.39. The Morgan fingerprint density at radius 2 is 2.07 bits per heavy atom. The number of hydrogen-bond donors (Lipinski definition) is 1. The number of amides is 1. The van der Waals surface area contributed by atoms with Gasteiger partial charge >= 0.3 is 0 Å². The van der Waals surface area contributed by atoms with E-state index in [4.69, 9.17) is 14.2 Å². The fourth-order valence-electron chi connectivity index (χ4n) is 3.17. The number of carbonyl (C=O) groups excluding carboxylic acids is 1. The van der Waals surface area contributed by atoms with Crippen molar-refractivity contribution in [2.75, 3.05) is 39.2 Å². The second kappa shape index (κ2) is 9.73. The normalized spacial score (nSPS) is 16.5. The lowest BCUT2D eigenvalue weighted by Crippen LogP contribution is -2.37. The van der Waals surface area contributed by atoms with Crippen molar-refractivity contribution >= 4 is 22.9 Å². The first kappa shape index (κ1) is 19.7. The highest BCUT2D eigenvalue weighted by Crippen LogP contribution is 2.26. The van der Waals surface area contributed by atoms with Gasteiger partial charge in [-0.2, -0.15) is 0 Å². The molecule has 2 heterocycles. The third kappa shape index (κ3) is 5.95. The zero-order valence-electron chi connectivity index (χ0n) is 15.8. The molecule has 1 atom stereocenters. The molecule has 2 aromatic rings. The zero-order valence-corrected chi connectivity index (χ0v) is 16.6. The minimum Gasteiger partial charge on any atom is -0.497 e. The van der Waals surface area contributed by atoms with Crippen LogP contribution in [0.1, 0.15) is 17.7 Å². The van der Waals surface area contributed by atoms with Gasteiger partial charge in [-0.1, -0.05) is 6.07 Å². The van der Waals surface area contributed by atoms with Crippen LogP contribution in [0.4, 0.5) is 5.69 Å². The molecule has 1 aromatic carbocycles. The molecule has 1 aliphatic rings. The molecule has 0 unspecified atom stereocenters. The lowest BCUT2D eigenvalue weighted by Gasteiger charge is -2.24. The summed E-state index contributed by atoms with van der Waals surface area (Å²) in [5, 5.41) is 5.01. The van der Waals surface area contributed by atoms with Gasteiger partial charge in [0.05, 0.1) is 26.9 Å². The van der Waals surface area contributed by atoms with Gasteiger partial charge in [-0.15, -0.1) is 11.3 Å². The number of ether oxygens (including phenoxy) is 3. The smallest absolute Gasteiger partial charge is 0.238 e. The Kier molecular flexibility index (Phi) is 7.09. The van der Waals surface area contributed by atoms with Crippen molar-refractivity contribution in [2.45, 2.75) is 25.5 Å². The minimum atomic E-state index is -0.0696. The van der Waals surface area contributed by atoms with Gasteiger partial charge in [-0.25, -0.2) is 0 Å². The van der Waals surface area contributed by atoms with Crippen LogP contribution in [0.5, 0.6) is 11.5 Å². The average molecular weight is 391 g/mol. The number of thiophene rings is 1. The van der Waals surface area contributed by atoms with Gasteiger partial charge in [0.25, 0.3) is 0 Å². The van der Waals surface area contributed by atoms with E-state index in [1.165, 1.54) is 4.88 Å². The van der Waals surface area contributed by atoms with E-state index in [0.29, 0.717) is 23.7 Å². The molecule has 7 heteroatoms. The molecule has 146 valence electrons. The number of anilines is 1. The van der Waals surface area contributed by atoms with E-state index in [1.807, 2.05) is 6.07 Å². The summed E-state index contributed by atoms with van der Waals surface area (Å²) in [7, 11) is 3.18. The molecule has 0 spiro atoms. The summed E-state index contributed by atoms with van der Waals surface area (Å²) >= 11 is 1.70. The van der Waals surface area contributed by atoms with Crippen LogP contribution in [-0.2, 0) is 16.1 Å². The molecular weight excluding hydrogens is 364 g/mol. The van der Waals surface area contributed by atoms with Crippen LogP contribution in [0.25, 0.3) is 0 Å². The van der Waals surface area contributed by atoms with Crippen molar-refractivity contribution in [2.24, 2.45) is 0 Å². The number of nitrogens with one attached hydrogen (secondary N) is 1. The predicted molar refractivity (Wildman–Crippen MR) is 107 cm³/mol. The van der Waals surface area contributed by atoms with Crippen molar-refractivity contribution in [1.82, 2.24) is 4.90 Å². The number of nitrogens with zero attached hydrogens (tertiary/aromatic N) is 1. The average Bonchev–Trinajstić information content (AvgIpc) is 3.35. The first-order chi connectivity index (χ1) is 13.2. The van der Waals surface area contributed by atoms with Crippen molar-refractivity contribution in [3.05, 3.63) is 40.6 Å². The van der Waals surface area contributed by atoms with Crippen molar-refractivity contribution in [1.29, 1.82) is 0 Å². The summed E-state index contributed by atoms with van der Waals surface area (Å²) in [6.45, 7) is 2.61. The fraction of sp³-hybridized carbons (Fsp3) is 0.450. The zero-order chi connectivity index (χ0) is 19.1. The first-order valence-electron chi connectivity index (χ1n) is 9.05. The highest BCUT2D eigenvalue weighted by atomic mass is 32.1. The van der Waals surface area contributed by atoms with Crippen LogP contribution in [0.2, 0.25) is 0 Å². The summed E-state index contributed by atoms with van der Waals surface area (Å²) in [5.74, 6) is 1.21. The lowest BCUT2D eigenvalue weighted by molar-refractivity contribution is -0.117. The van der Waals surface area contributed by atoms with Crippen LogP contribution in [0, 0.1) is 0 Å². The molecule has 0 saturated carbocycles. The van der Waals surface area contributed by atoms with Crippen molar-refractivity contribution in [3.63, 3.8) is 0 Å². The summed E-state index contributed by atoms with van der Waals surface area (Å²) in [6, 6.07) is 9.47. The molecule has 0 radical (unpaired) electrons. The Morgan fingerprint density at radius 3 is 2.67 bits per heavy atom. The monoisotopic (exact) mass is 390 g/mol. The maximum atomic E-state index is 12.7. The Bertz CT molecular complexity index is 707. The lowest BCUT2D eigenvalue weighted by atomic mass is 10.2. The molecule has 1 fully saturated rings. The molecule has 0 aliphatic carbocycles. The molecule has 6 nitrogen and oxygen atoms in total. The Balaban J connectivity index is 1.64. The Morgan fingerprint density at radius 1 is 1.30 bits per heavy atom. The Labute approximate surface area is 164 Å². The number of methoxy groups -OCH3 is 2. The van der Waals surface area contributed by atoms with E-state index in [2.05, 4.69) is 21.7 Å². The summed E-state index contributed by atoms with van der Waals surface area (Å²) in [5.41, 5.74) is 0.657. The van der Waals surface area contributed by atoms with Crippen molar-refractivity contribution < 1.29 is 19.0 Å². The molecule has 27 heavy (non-hydrogen) atoms. The van der Waals surface area contributed by atoms with Crippen LogP contribution >= 0.6 is 11.3 Å². The summed E-state index contributed by atoms with van der Waals surface area (Å²) in [4.78, 5) is 16.0. The molecule has 1 N–H and O–H groups in total. The van der Waals surface area contributed by atoms with E-state index in [0.717, 1.165) is 32.5 Å².